The van der Waals surface area contributed by atoms with Crippen molar-refractivity contribution in [1.29, 1.82) is 0 Å². The standard InChI is InChI=1S/C23H20N4O3S2/c1-14(28)24-16-8-10-17(11-9-16)25-19(29)13-32-23-26-20-18(15-6-4-3-5-7-15)12-31-21(20)22(30)27(23)2/h3-12H,13H2,1-2H3,(H,24,28)(H,25,29). The molecule has 0 saturated heterocycles. The van der Waals surface area contributed by atoms with E-state index < -0.39 is 0 Å². The zero-order valence-corrected chi connectivity index (χ0v) is 19.0. The minimum Gasteiger partial charge on any atom is -0.326 e. The molecule has 0 atom stereocenters. The second kappa shape index (κ2) is 9.37. The van der Waals surface area contributed by atoms with Gasteiger partial charge in [-0.05, 0) is 29.8 Å². The Labute approximate surface area is 192 Å². The van der Waals surface area contributed by atoms with Gasteiger partial charge in [-0.3, -0.25) is 19.0 Å². The molecule has 0 bridgehead atoms. The fraction of sp³-hybridized carbons (Fsp3) is 0.130. The van der Waals surface area contributed by atoms with E-state index in [-0.39, 0.29) is 23.1 Å². The third-order valence-electron chi connectivity index (χ3n) is 4.66. The monoisotopic (exact) mass is 464 g/mol. The highest BCUT2D eigenvalue weighted by molar-refractivity contribution is 7.99. The number of rotatable bonds is 6. The minimum absolute atomic E-state index is 0.101. The number of nitrogens with zero attached hydrogens (tertiary/aromatic N) is 2. The van der Waals surface area contributed by atoms with E-state index in [1.165, 1.54) is 34.6 Å². The maximum atomic E-state index is 12.8. The molecule has 2 amide bonds. The van der Waals surface area contributed by atoms with Gasteiger partial charge in [0, 0.05) is 36.3 Å². The van der Waals surface area contributed by atoms with Gasteiger partial charge in [-0.2, -0.15) is 0 Å². The van der Waals surface area contributed by atoms with Crippen molar-refractivity contribution in [3.05, 3.63) is 70.3 Å². The highest BCUT2D eigenvalue weighted by Gasteiger charge is 2.16. The third-order valence-corrected chi connectivity index (χ3v) is 6.65. The number of aromatic nitrogens is 2. The quantitative estimate of drug-likeness (QED) is 0.327. The number of carbonyl (C=O) groups is 2. The minimum atomic E-state index is -0.217. The molecule has 2 aromatic heterocycles. The number of amides is 2. The molecule has 0 unspecified atom stereocenters. The van der Waals surface area contributed by atoms with Crippen LogP contribution >= 0.6 is 23.1 Å². The second-order valence-corrected chi connectivity index (χ2v) is 8.87. The summed E-state index contributed by atoms with van der Waals surface area (Å²) in [7, 11) is 1.66. The molecule has 0 saturated carbocycles. The number of hydrogen-bond donors (Lipinski definition) is 2. The first-order chi connectivity index (χ1) is 15.4. The summed E-state index contributed by atoms with van der Waals surface area (Å²) in [6.07, 6.45) is 0. The van der Waals surface area contributed by atoms with E-state index >= 15 is 0 Å². The Balaban J connectivity index is 1.50. The average molecular weight is 465 g/mol. The Morgan fingerprint density at radius 2 is 1.69 bits per heavy atom. The largest absolute Gasteiger partial charge is 0.326 e. The predicted octanol–water partition coefficient (Wildman–Crippen LogP) is 4.35. The second-order valence-electron chi connectivity index (χ2n) is 7.05. The summed E-state index contributed by atoms with van der Waals surface area (Å²) in [5.41, 5.74) is 3.71. The van der Waals surface area contributed by atoms with E-state index in [1.54, 1.807) is 31.3 Å². The molecule has 4 aromatic rings. The van der Waals surface area contributed by atoms with Crippen LogP contribution < -0.4 is 16.2 Å². The smallest absolute Gasteiger partial charge is 0.271 e. The summed E-state index contributed by atoms with van der Waals surface area (Å²) in [5.74, 6) is -0.274. The number of thiophene rings is 1. The molecule has 0 aliphatic carbocycles. The van der Waals surface area contributed by atoms with Crippen LogP contribution in [0.25, 0.3) is 21.3 Å². The van der Waals surface area contributed by atoms with Crippen LogP contribution in [0.1, 0.15) is 6.92 Å². The van der Waals surface area contributed by atoms with Gasteiger partial charge in [0.05, 0.1) is 11.3 Å². The molecule has 0 fully saturated rings. The van der Waals surface area contributed by atoms with Crippen molar-refractivity contribution >= 4 is 56.5 Å². The molecule has 0 radical (unpaired) electrons. The molecule has 0 aliphatic rings. The summed E-state index contributed by atoms with van der Waals surface area (Å²) < 4.78 is 2.08. The Hall–Kier alpha value is -3.43. The summed E-state index contributed by atoms with van der Waals surface area (Å²) in [4.78, 5) is 41.1. The van der Waals surface area contributed by atoms with Gasteiger partial charge in [-0.1, -0.05) is 42.1 Å². The van der Waals surface area contributed by atoms with Gasteiger partial charge >= 0.3 is 0 Å². The number of benzene rings is 2. The Morgan fingerprint density at radius 1 is 1.03 bits per heavy atom. The van der Waals surface area contributed by atoms with Crippen LogP contribution in [0.5, 0.6) is 0 Å². The Morgan fingerprint density at radius 3 is 2.34 bits per heavy atom. The van der Waals surface area contributed by atoms with Crippen molar-refractivity contribution in [2.24, 2.45) is 7.05 Å². The topological polar surface area (TPSA) is 93.1 Å². The van der Waals surface area contributed by atoms with Crippen molar-refractivity contribution in [3.8, 4) is 11.1 Å². The summed E-state index contributed by atoms with van der Waals surface area (Å²) >= 11 is 2.59. The third kappa shape index (κ3) is 4.74. The lowest BCUT2D eigenvalue weighted by atomic mass is 10.1. The number of hydrogen-bond acceptors (Lipinski definition) is 6. The van der Waals surface area contributed by atoms with Gasteiger partial charge in [-0.15, -0.1) is 11.3 Å². The van der Waals surface area contributed by atoms with Gasteiger partial charge in [0.1, 0.15) is 4.70 Å². The van der Waals surface area contributed by atoms with Crippen LogP contribution in [-0.4, -0.2) is 27.1 Å². The Bertz CT molecular complexity index is 1350. The van der Waals surface area contributed by atoms with Crippen molar-refractivity contribution in [2.75, 3.05) is 16.4 Å². The van der Waals surface area contributed by atoms with Crippen molar-refractivity contribution in [1.82, 2.24) is 9.55 Å². The van der Waals surface area contributed by atoms with E-state index in [1.807, 2.05) is 35.7 Å². The number of nitrogens with one attached hydrogen (secondary N) is 2. The molecule has 0 spiro atoms. The van der Waals surface area contributed by atoms with E-state index in [2.05, 4.69) is 10.6 Å². The highest BCUT2D eigenvalue weighted by Crippen LogP contribution is 2.32. The van der Waals surface area contributed by atoms with Gasteiger partial charge in [0.25, 0.3) is 5.56 Å². The molecule has 162 valence electrons. The fourth-order valence-corrected chi connectivity index (χ4v) is 4.90. The molecule has 9 heteroatoms. The molecule has 7 nitrogen and oxygen atoms in total. The lowest BCUT2D eigenvalue weighted by Gasteiger charge is -2.09. The number of fused-ring (bicyclic) bond motifs is 1. The van der Waals surface area contributed by atoms with Crippen molar-refractivity contribution in [2.45, 2.75) is 12.1 Å². The van der Waals surface area contributed by atoms with Crippen molar-refractivity contribution < 1.29 is 9.59 Å². The van der Waals surface area contributed by atoms with Gasteiger partial charge in [0.15, 0.2) is 5.16 Å². The molecule has 4 rings (SSSR count). The fourth-order valence-electron chi connectivity index (χ4n) is 3.14. The van der Waals surface area contributed by atoms with E-state index in [4.69, 9.17) is 4.98 Å². The van der Waals surface area contributed by atoms with Crippen LogP contribution in [0.15, 0.2) is 69.9 Å². The lowest BCUT2D eigenvalue weighted by Crippen LogP contribution is -2.20. The van der Waals surface area contributed by atoms with E-state index in [0.29, 0.717) is 26.7 Å². The molecule has 0 aliphatic heterocycles. The first-order valence-corrected chi connectivity index (χ1v) is 11.6. The predicted molar refractivity (Wildman–Crippen MR) is 130 cm³/mol. The maximum absolute atomic E-state index is 12.8. The number of thioether (sulfide) groups is 1. The van der Waals surface area contributed by atoms with Crippen LogP contribution in [-0.2, 0) is 16.6 Å². The zero-order chi connectivity index (χ0) is 22.7. The molecule has 2 N–H and O–H groups in total. The van der Waals surface area contributed by atoms with Crippen molar-refractivity contribution in [3.63, 3.8) is 0 Å². The first kappa shape index (κ1) is 21.8. The van der Waals surface area contributed by atoms with Gasteiger partial charge < -0.3 is 10.6 Å². The first-order valence-electron chi connectivity index (χ1n) is 9.76. The van der Waals surface area contributed by atoms with Gasteiger partial charge in [-0.25, -0.2) is 4.98 Å². The molecule has 2 heterocycles. The number of anilines is 2. The van der Waals surface area contributed by atoms with Crippen LogP contribution in [0, 0.1) is 0 Å². The normalized spacial score (nSPS) is 10.8. The van der Waals surface area contributed by atoms with E-state index in [0.717, 1.165) is 11.1 Å². The highest BCUT2D eigenvalue weighted by atomic mass is 32.2. The Kier molecular flexibility index (Phi) is 6.38. The molecular weight excluding hydrogens is 444 g/mol. The lowest BCUT2D eigenvalue weighted by molar-refractivity contribution is -0.114. The van der Waals surface area contributed by atoms with E-state index in [9.17, 15) is 14.4 Å². The van der Waals surface area contributed by atoms with Crippen LogP contribution in [0.4, 0.5) is 11.4 Å². The molecular formula is C23H20N4O3S2. The van der Waals surface area contributed by atoms with Crippen LogP contribution in [0.3, 0.4) is 0 Å². The summed E-state index contributed by atoms with van der Waals surface area (Å²) in [5, 5.41) is 7.91. The molecule has 2 aromatic carbocycles. The molecule has 32 heavy (non-hydrogen) atoms. The average Bonchev–Trinajstić information content (AvgIpc) is 3.21. The van der Waals surface area contributed by atoms with Crippen LogP contribution in [0.2, 0.25) is 0 Å². The maximum Gasteiger partial charge on any atom is 0.271 e. The zero-order valence-electron chi connectivity index (χ0n) is 17.4. The summed E-state index contributed by atoms with van der Waals surface area (Å²) in [6, 6.07) is 16.7. The number of carbonyl (C=O) groups excluding carboxylic acids is 2. The summed E-state index contributed by atoms with van der Waals surface area (Å²) in [6.45, 7) is 1.44. The SMILES string of the molecule is CC(=O)Nc1ccc(NC(=O)CSc2nc3c(-c4ccccc4)csc3c(=O)n2C)cc1. The van der Waals surface area contributed by atoms with Gasteiger partial charge in [0.2, 0.25) is 11.8 Å².